The van der Waals surface area contributed by atoms with Gasteiger partial charge in [-0.2, -0.15) is 0 Å². The lowest BCUT2D eigenvalue weighted by Crippen LogP contribution is -2.45. The normalized spacial score (nSPS) is 20.0. The molecular formula is C13H19FN2O5. The Kier molecular flexibility index (Phi) is 6.26. The number of Topliss-reactive ketones (excluding diaryl/α,β-unsaturated/α-hetero) is 1. The molecule has 8 heteroatoms. The highest BCUT2D eigenvalue weighted by molar-refractivity contribution is 5.93. The Morgan fingerprint density at radius 2 is 2.14 bits per heavy atom. The number of carbonyl (C=O) groups excluding carboxylic acids is 3. The highest BCUT2D eigenvalue weighted by Crippen LogP contribution is 2.20. The van der Waals surface area contributed by atoms with Crippen molar-refractivity contribution in [2.24, 2.45) is 5.92 Å². The maximum absolute atomic E-state index is 12.4. The van der Waals surface area contributed by atoms with Crippen LogP contribution < -0.4 is 5.32 Å². The van der Waals surface area contributed by atoms with Gasteiger partial charge in [-0.25, -0.2) is 4.39 Å². The fourth-order valence-electron chi connectivity index (χ4n) is 2.30. The van der Waals surface area contributed by atoms with E-state index in [1.807, 2.05) is 0 Å². The van der Waals surface area contributed by atoms with Gasteiger partial charge in [-0.15, -0.1) is 0 Å². The molecule has 0 spiro atoms. The van der Waals surface area contributed by atoms with Crippen molar-refractivity contribution in [3.05, 3.63) is 0 Å². The van der Waals surface area contributed by atoms with Crippen molar-refractivity contribution in [2.75, 3.05) is 20.3 Å². The molecule has 0 aliphatic carbocycles. The van der Waals surface area contributed by atoms with Gasteiger partial charge in [0.25, 0.3) is 0 Å². The standard InChI is InChI=1S/C13H19FN2O5/c1-16-4-2-3-8(13(16)21)5-11(18)15-9(6-12(19)20)10(17)7-14/h8-9H,2-7H2,1H3,(H,15,18)(H,19,20). The zero-order valence-electron chi connectivity index (χ0n) is 11.8. The fourth-order valence-corrected chi connectivity index (χ4v) is 2.30. The first-order chi connectivity index (χ1) is 9.85. The molecule has 0 saturated carbocycles. The Balaban J connectivity index is 2.59. The van der Waals surface area contributed by atoms with Crippen LogP contribution in [0.5, 0.6) is 0 Å². The summed E-state index contributed by atoms with van der Waals surface area (Å²) in [6.07, 6.45) is 0.547. The number of alkyl halides is 1. The van der Waals surface area contributed by atoms with Crippen LogP contribution in [-0.2, 0) is 19.2 Å². The van der Waals surface area contributed by atoms with Crippen molar-refractivity contribution < 1.29 is 28.7 Å². The van der Waals surface area contributed by atoms with Crippen LogP contribution in [0.3, 0.4) is 0 Å². The van der Waals surface area contributed by atoms with Crippen LogP contribution in [0.25, 0.3) is 0 Å². The maximum atomic E-state index is 12.4. The fraction of sp³-hybridized carbons (Fsp3) is 0.692. The third-order valence-electron chi connectivity index (χ3n) is 3.44. The molecule has 0 bridgehead atoms. The Bertz CT molecular complexity index is 440. The maximum Gasteiger partial charge on any atom is 0.305 e. The summed E-state index contributed by atoms with van der Waals surface area (Å²) in [4.78, 5) is 47.1. The summed E-state index contributed by atoms with van der Waals surface area (Å²) in [5, 5.41) is 10.9. The predicted molar refractivity (Wildman–Crippen MR) is 70.1 cm³/mol. The Labute approximate surface area is 121 Å². The van der Waals surface area contributed by atoms with Crippen LogP contribution in [-0.4, -0.2) is 59.9 Å². The van der Waals surface area contributed by atoms with Gasteiger partial charge in [0.05, 0.1) is 6.42 Å². The van der Waals surface area contributed by atoms with Crippen molar-refractivity contribution in [3.8, 4) is 0 Å². The van der Waals surface area contributed by atoms with Gasteiger partial charge in [0.15, 0.2) is 5.78 Å². The molecule has 0 aromatic rings. The predicted octanol–water partition coefficient (Wildman–Crippen LogP) is -0.257. The van der Waals surface area contributed by atoms with Crippen LogP contribution in [0, 0.1) is 5.92 Å². The molecule has 1 heterocycles. The van der Waals surface area contributed by atoms with Gasteiger partial charge in [0.1, 0.15) is 12.7 Å². The van der Waals surface area contributed by atoms with E-state index in [0.29, 0.717) is 13.0 Å². The molecule has 0 radical (unpaired) electrons. The largest absolute Gasteiger partial charge is 0.481 e. The van der Waals surface area contributed by atoms with Gasteiger partial charge in [-0.1, -0.05) is 0 Å². The second-order valence-corrected chi connectivity index (χ2v) is 5.12. The third kappa shape index (κ3) is 5.13. The number of hydrogen-bond donors (Lipinski definition) is 2. The molecule has 21 heavy (non-hydrogen) atoms. The number of nitrogens with one attached hydrogen (secondary N) is 1. The van der Waals surface area contributed by atoms with Crippen molar-refractivity contribution in [1.82, 2.24) is 10.2 Å². The lowest BCUT2D eigenvalue weighted by Gasteiger charge is -2.29. The van der Waals surface area contributed by atoms with Crippen LogP contribution in [0.1, 0.15) is 25.7 Å². The lowest BCUT2D eigenvalue weighted by molar-refractivity contribution is -0.142. The molecule has 0 aromatic heterocycles. The number of amides is 2. The van der Waals surface area contributed by atoms with E-state index in [-0.39, 0.29) is 12.3 Å². The third-order valence-corrected chi connectivity index (χ3v) is 3.44. The van der Waals surface area contributed by atoms with Gasteiger partial charge < -0.3 is 15.3 Å². The quantitative estimate of drug-likeness (QED) is 0.674. The number of likely N-dealkylation sites (tertiary alicyclic amines) is 1. The number of rotatable bonds is 7. The van der Waals surface area contributed by atoms with E-state index < -0.39 is 42.7 Å². The average Bonchev–Trinajstić information content (AvgIpc) is 2.41. The topological polar surface area (TPSA) is 104 Å². The van der Waals surface area contributed by atoms with Crippen LogP contribution in [0.15, 0.2) is 0 Å². The molecule has 0 aromatic carbocycles. The van der Waals surface area contributed by atoms with E-state index in [0.717, 1.165) is 6.42 Å². The molecule has 2 N–H and O–H groups in total. The highest BCUT2D eigenvalue weighted by atomic mass is 19.1. The van der Waals surface area contributed by atoms with Crippen LogP contribution >= 0.6 is 0 Å². The monoisotopic (exact) mass is 302 g/mol. The molecule has 2 atom stereocenters. The second-order valence-electron chi connectivity index (χ2n) is 5.12. The summed E-state index contributed by atoms with van der Waals surface area (Å²) in [5.74, 6) is -3.54. The van der Waals surface area contributed by atoms with Gasteiger partial charge in [0, 0.05) is 25.9 Å². The number of ketones is 1. The molecule has 1 fully saturated rings. The van der Waals surface area contributed by atoms with Crippen LogP contribution in [0.2, 0.25) is 0 Å². The molecule has 2 amide bonds. The van der Waals surface area contributed by atoms with Crippen LogP contribution in [0.4, 0.5) is 4.39 Å². The Hall–Kier alpha value is -1.99. The van der Waals surface area contributed by atoms with Crippen molar-refractivity contribution in [3.63, 3.8) is 0 Å². The Morgan fingerprint density at radius 1 is 1.48 bits per heavy atom. The smallest absolute Gasteiger partial charge is 0.305 e. The second kappa shape index (κ2) is 7.70. The molecular weight excluding hydrogens is 283 g/mol. The first-order valence-corrected chi connectivity index (χ1v) is 6.70. The Morgan fingerprint density at radius 3 is 2.71 bits per heavy atom. The van der Waals surface area contributed by atoms with E-state index in [1.165, 1.54) is 4.90 Å². The van der Waals surface area contributed by atoms with Gasteiger partial charge >= 0.3 is 5.97 Å². The summed E-state index contributed by atoms with van der Waals surface area (Å²) in [7, 11) is 1.65. The number of nitrogens with zero attached hydrogens (tertiary/aromatic N) is 1. The minimum Gasteiger partial charge on any atom is -0.481 e. The molecule has 7 nitrogen and oxygen atoms in total. The lowest BCUT2D eigenvalue weighted by atomic mass is 9.93. The molecule has 2 unspecified atom stereocenters. The number of piperidine rings is 1. The molecule has 1 saturated heterocycles. The molecule has 1 aliphatic rings. The van der Waals surface area contributed by atoms with Gasteiger partial charge in [0.2, 0.25) is 11.8 Å². The summed E-state index contributed by atoms with van der Waals surface area (Å²) in [5.41, 5.74) is 0. The minimum absolute atomic E-state index is 0.126. The first kappa shape index (κ1) is 17.1. The van der Waals surface area contributed by atoms with E-state index in [1.54, 1.807) is 7.05 Å². The number of halogens is 1. The first-order valence-electron chi connectivity index (χ1n) is 6.70. The zero-order valence-corrected chi connectivity index (χ0v) is 11.8. The van der Waals surface area contributed by atoms with Crippen molar-refractivity contribution in [2.45, 2.75) is 31.7 Å². The van der Waals surface area contributed by atoms with E-state index >= 15 is 0 Å². The number of carbonyl (C=O) groups is 4. The SMILES string of the molecule is CN1CCCC(CC(=O)NC(CC(=O)O)C(=O)CF)C1=O. The summed E-state index contributed by atoms with van der Waals surface area (Å²) in [6.45, 7) is -0.706. The molecule has 118 valence electrons. The van der Waals surface area contributed by atoms with Crippen molar-refractivity contribution >= 4 is 23.6 Å². The molecule has 1 rings (SSSR count). The summed E-state index contributed by atoms with van der Waals surface area (Å²) < 4.78 is 12.4. The average molecular weight is 302 g/mol. The van der Waals surface area contributed by atoms with E-state index in [9.17, 15) is 23.6 Å². The zero-order chi connectivity index (χ0) is 16.0. The summed E-state index contributed by atoms with van der Waals surface area (Å²) in [6, 6.07) is -1.39. The molecule has 1 aliphatic heterocycles. The van der Waals surface area contributed by atoms with Gasteiger partial charge in [-0.3, -0.25) is 19.2 Å². The highest BCUT2D eigenvalue weighted by Gasteiger charge is 2.30. The minimum atomic E-state index is -1.39. The number of hydrogen-bond acceptors (Lipinski definition) is 4. The van der Waals surface area contributed by atoms with E-state index in [4.69, 9.17) is 5.11 Å². The number of carboxylic acids is 1. The van der Waals surface area contributed by atoms with E-state index in [2.05, 4.69) is 5.32 Å². The van der Waals surface area contributed by atoms with Crippen molar-refractivity contribution in [1.29, 1.82) is 0 Å². The summed E-state index contributed by atoms with van der Waals surface area (Å²) >= 11 is 0. The number of aliphatic carboxylic acids is 1. The number of carboxylic acid groups (broad SMARTS) is 1. The van der Waals surface area contributed by atoms with Gasteiger partial charge in [-0.05, 0) is 12.8 Å².